The zero-order valence-corrected chi connectivity index (χ0v) is 47.4. The van der Waals surface area contributed by atoms with Gasteiger partial charge in [-0.2, -0.15) is 5.06 Å². The second kappa shape index (κ2) is 25.5. The molecular weight excluding hydrogens is 1040 g/mol. The number of hydrogen-bond acceptors (Lipinski definition) is 10. The van der Waals surface area contributed by atoms with Crippen LogP contribution in [0.5, 0.6) is 11.5 Å². The number of aromatic nitrogens is 2. The number of hydrogen-bond donors (Lipinski definition) is 1. The smallest absolute Gasteiger partial charge is 0.247 e. The summed E-state index contributed by atoms with van der Waals surface area (Å²) in [5, 5.41) is 5.86. The third-order valence-electron chi connectivity index (χ3n) is 16.0. The van der Waals surface area contributed by atoms with E-state index in [-0.39, 0.29) is 68.8 Å². The molecule has 15 nitrogen and oxygen atoms in total. The minimum Gasteiger partial charge on any atom is -0.457 e. The summed E-state index contributed by atoms with van der Waals surface area (Å²) in [7, 11) is 6.96. The summed E-state index contributed by atoms with van der Waals surface area (Å²) in [5.41, 5.74) is 5.31. The molecule has 77 heavy (non-hydrogen) atoms. The molecule has 18 heteroatoms. The molecule has 1 N–H and O–H groups in total. The van der Waals surface area contributed by atoms with Gasteiger partial charge < -0.3 is 34.1 Å². The van der Waals surface area contributed by atoms with E-state index >= 15 is 14.4 Å². The van der Waals surface area contributed by atoms with Crippen molar-refractivity contribution in [1.82, 2.24) is 39.5 Å². The maximum atomic E-state index is 15.8. The molecule has 412 valence electrons. The molecule has 3 fully saturated rings. The third-order valence-corrected chi connectivity index (χ3v) is 16.5. The fraction of sp³-hybridized carbons (Fsp3) is 0.475. The average Bonchev–Trinajstić information content (AvgIpc) is 4.19. The lowest BCUT2D eigenvalue weighted by Crippen LogP contribution is -2.59. The number of hydroxylamine groups is 2. The van der Waals surface area contributed by atoms with E-state index in [9.17, 15) is 4.79 Å². The number of imidazole rings is 1. The molecule has 4 heterocycles. The Morgan fingerprint density at radius 2 is 1.52 bits per heavy atom. The number of rotatable bonds is 16. The summed E-state index contributed by atoms with van der Waals surface area (Å²) in [5.74, 6) is -0.846. The minimum atomic E-state index is -1.17. The Bertz CT molecular complexity index is 2860. The number of nitrogens with one attached hydrogen (secondary N) is 1. The largest absolute Gasteiger partial charge is 0.457 e. The fourth-order valence-corrected chi connectivity index (χ4v) is 11.8. The van der Waals surface area contributed by atoms with Crippen molar-refractivity contribution in [1.29, 1.82) is 0 Å². The van der Waals surface area contributed by atoms with Gasteiger partial charge in [0, 0.05) is 81.9 Å². The first-order valence-electron chi connectivity index (χ1n) is 26.7. The van der Waals surface area contributed by atoms with Gasteiger partial charge in [0.2, 0.25) is 23.6 Å². The van der Waals surface area contributed by atoms with Crippen LogP contribution in [0, 0.1) is 5.92 Å². The molecule has 4 aromatic carbocycles. The molecule has 5 atom stereocenters. The van der Waals surface area contributed by atoms with Gasteiger partial charge in [0.15, 0.2) is 0 Å². The van der Waals surface area contributed by atoms with Gasteiger partial charge in [-0.15, -0.1) is 12.4 Å². The molecule has 3 saturated heterocycles. The summed E-state index contributed by atoms with van der Waals surface area (Å²) in [6.45, 7) is 8.83. The third kappa shape index (κ3) is 13.5. The minimum absolute atomic E-state index is 0. The summed E-state index contributed by atoms with van der Waals surface area (Å²) in [6, 6.07) is 25.7. The monoisotopic (exact) mass is 1110 g/mol. The van der Waals surface area contributed by atoms with Gasteiger partial charge in [-0.25, -0.2) is 4.98 Å². The molecule has 4 amide bonds. The number of carbonyl (C=O) groups excluding carboxylic acids is 4. The maximum Gasteiger partial charge on any atom is 0.247 e. The highest BCUT2D eigenvalue weighted by Crippen LogP contribution is 2.50. The van der Waals surface area contributed by atoms with Crippen molar-refractivity contribution in [3.63, 3.8) is 0 Å². The number of carbonyl (C=O) groups is 4. The lowest BCUT2D eigenvalue weighted by molar-refractivity contribution is -0.199. The molecular formula is C59H73Cl3N8O7. The zero-order chi connectivity index (χ0) is 53.7. The summed E-state index contributed by atoms with van der Waals surface area (Å²) in [6.07, 6.45) is 6.19. The van der Waals surface area contributed by atoms with E-state index in [0.717, 1.165) is 72.9 Å². The highest BCUT2D eigenvalue weighted by Gasteiger charge is 2.46. The summed E-state index contributed by atoms with van der Waals surface area (Å²) >= 11 is 13.0. The van der Waals surface area contributed by atoms with E-state index < -0.39 is 41.8 Å². The number of nitrogens with zero attached hydrogens (tertiary/aromatic N) is 7. The van der Waals surface area contributed by atoms with E-state index in [1.807, 2.05) is 66.8 Å². The molecule has 0 unspecified atom stereocenters. The number of fused-ring (bicyclic) bond motifs is 1. The van der Waals surface area contributed by atoms with Crippen molar-refractivity contribution in [2.24, 2.45) is 13.0 Å². The molecule has 1 aliphatic carbocycles. The average molecular weight is 1110 g/mol. The van der Waals surface area contributed by atoms with Crippen molar-refractivity contribution in [2.75, 3.05) is 67.1 Å². The molecule has 3 aliphatic heterocycles. The normalized spacial score (nSPS) is 22.6. The molecule has 4 aliphatic rings. The summed E-state index contributed by atoms with van der Waals surface area (Å²) < 4.78 is 14.4. The Balaban J connectivity index is 0.00000784. The van der Waals surface area contributed by atoms with Gasteiger partial charge in [-0.3, -0.25) is 28.9 Å². The maximum absolute atomic E-state index is 15.8. The number of likely N-dealkylation sites (tertiary alicyclic amines) is 1. The van der Waals surface area contributed by atoms with Crippen molar-refractivity contribution in [3.8, 4) is 22.8 Å². The van der Waals surface area contributed by atoms with E-state index in [1.54, 1.807) is 54.2 Å². The Morgan fingerprint density at radius 1 is 0.805 bits per heavy atom. The van der Waals surface area contributed by atoms with Gasteiger partial charge in [0.1, 0.15) is 29.4 Å². The summed E-state index contributed by atoms with van der Waals surface area (Å²) in [4.78, 5) is 79.7. The lowest BCUT2D eigenvalue weighted by atomic mass is 9.80. The Labute approximate surface area is 469 Å². The van der Waals surface area contributed by atoms with Crippen LogP contribution in [-0.4, -0.2) is 143 Å². The first-order valence-corrected chi connectivity index (χ1v) is 27.4. The van der Waals surface area contributed by atoms with Crippen LogP contribution in [0.4, 0.5) is 0 Å². The molecule has 0 spiro atoms. The number of benzene rings is 4. The van der Waals surface area contributed by atoms with Crippen LogP contribution in [0.3, 0.4) is 0 Å². The highest BCUT2D eigenvalue weighted by atomic mass is 35.5. The van der Waals surface area contributed by atoms with Crippen LogP contribution in [0.25, 0.3) is 11.3 Å². The second-order valence-electron chi connectivity index (χ2n) is 21.7. The molecule has 0 saturated carbocycles. The molecule has 0 bridgehead atoms. The quantitative estimate of drug-likeness (QED) is 0.102. The lowest BCUT2D eigenvalue weighted by Gasteiger charge is -2.39. The van der Waals surface area contributed by atoms with E-state index in [2.05, 4.69) is 40.8 Å². The van der Waals surface area contributed by atoms with Crippen LogP contribution in [0.15, 0.2) is 97.2 Å². The number of amides is 4. The van der Waals surface area contributed by atoms with Crippen molar-refractivity contribution < 1.29 is 33.5 Å². The first kappa shape index (κ1) is 57.6. The van der Waals surface area contributed by atoms with E-state index in [4.69, 9.17) is 42.5 Å². The van der Waals surface area contributed by atoms with Crippen LogP contribution >= 0.6 is 35.6 Å². The van der Waals surface area contributed by atoms with E-state index in [1.165, 1.54) is 24.9 Å². The first-order chi connectivity index (χ1) is 36.6. The zero-order valence-electron chi connectivity index (χ0n) is 45.1. The van der Waals surface area contributed by atoms with E-state index in [0.29, 0.717) is 39.9 Å². The van der Waals surface area contributed by atoms with Gasteiger partial charge in [-0.1, -0.05) is 79.5 Å². The standard InChI is InChI=1S/C59H72Cl2N8O7.ClH/c1-59(2)33-48(46-12-7-8-13-49(46)59)47-32-55(70)69(35-41-16-21-43(61)31-53(41)76-45-22-17-40(18-23-45)52-34-62-54(66(52)5)37-67-25-9-10-26-67)51(24-29-75-68-27-11-28-68)56(71)63-50(38-74-6)58(73)65(4)44(36-64(3)57(47)72)30-39-14-19-42(60)20-15-39;/h7-8,12-23,31,34,44,47-48,50-51H,9-11,24-30,32-33,35-38H2,1-6H3,(H,63,71);1H/t44-,47+,48+,50+,51+;/m1./s1. The molecule has 5 aromatic rings. The Morgan fingerprint density at radius 3 is 2.22 bits per heavy atom. The molecule has 9 rings (SSSR count). The number of halogens is 3. The topological polar surface area (TPSA) is 142 Å². The Hall–Kier alpha value is -5.52. The van der Waals surface area contributed by atoms with Crippen LogP contribution in [0.1, 0.15) is 86.4 Å². The molecule has 1 aromatic heterocycles. The SMILES string of the molecule is COC[C@@H]1NC(=O)[C@H](CCON2CCC2)N(Cc2ccc(Cl)cc2Oc2ccc(-c3cnc(CN4CCCC4)n3C)cc2)C(=O)C[C@@H]([C@H]2CC(C)(C)c3ccccc32)C(=O)N(C)C[C@@H](Cc2ccc(Cl)cc2)N(C)C1=O.Cl. The van der Waals surface area contributed by atoms with Crippen LogP contribution in [-0.2, 0) is 60.7 Å². The Kier molecular flexibility index (Phi) is 19.1. The fourth-order valence-electron chi connectivity index (χ4n) is 11.5. The van der Waals surface area contributed by atoms with Crippen LogP contribution in [0.2, 0.25) is 10.0 Å². The van der Waals surface area contributed by atoms with Crippen molar-refractivity contribution in [3.05, 3.63) is 135 Å². The van der Waals surface area contributed by atoms with Crippen molar-refractivity contribution in [2.45, 2.75) is 101 Å². The number of methoxy groups -OCH3 is 1. The van der Waals surface area contributed by atoms with Crippen LogP contribution < -0.4 is 10.1 Å². The second-order valence-corrected chi connectivity index (χ2v) is 22.6. The predicted molar refractivity (Wildman–Crippen MR) is 301 cm³/mol. The van der Waals surface area contributed by atoms with Gasteiger partial charge >= 0.3 is 0 Å². The van der Waals surface area contributed by atoms with Gasteiger partial charge in [0.25, 0.3) is 0 Å². The molecule has 0 radical (unpaired) electrons. The highest BCUT2D eigenvalue weighted by molar-refractivity contribution is 6.31. The van der Waals surface area contributed by atoms with Crippen molar-refractivity contribution >= 4 is 59.2 Å². The van der Waals surface area contributed by atoms with Gasteiger partial charge in [-0.05, 0) is 122 Å². The van der Waals surface area contributed by atoms with Gasteiger partial charge in [0.05, 0.1) is 50.2 Å². The number of likely N-dealkylation sites (N-methyl/N-ethyl adjacent to an activating group) is 2. The number of ether oxygens (including phenoxy) is 2. The predicted octanol–water partition coefficient (Wildman–Crippen LogP) is 9.07.